The zero-order chi connectivity index (χ0) is 17.5. The molecule has 0 saturated carbocycles. The van der Waals surface area contributed by atoms with Gasteiger partial charge in [-0.15, -0.1) is 0 Å². The first kappa shape index (κ1) is 17.6. The topological polar surface area (TPSA) is 55.4 Å². The highest BCUT2D eigenvalue weighted by Gasteiger charge is 2.15. The smallest absolute Gasteiger partial charge is 0.224 e. The molecule has 3 rings (SSSR count). The van der Waals surface area contributed by atoms with Crippen LogP contribution in [0.2, 0.25) is 0 Å². The van der Waals surface area contributed by atoms with Crippen LogP contribution in [0, 0.1) is 5.82 Å². The predicted octanol–water partition coefficient (Wildman–Crippen LogP) is 3.16. The summed E-state index contributed by atoms with van der Waals surface area (Å²) in [6.07, 6.45) is 4.02. The molecule has 5 nitrogen and oxygen atoms in total. The molecule has 2 heterocycles. The fraction of sp³-hybridized carbons (Fsp3) is 0.333. The van der Waals surface area contributed by atoms with Crippen molar-refractivity contribution >= 4 is 17.3 Å². The Morgan fingerprint density at radius 2 is 2.24 bits per heavy atom. The Bertz CT molecular complexity index is 723. The summed E-state index contributed by atoms with van der Waals surface area (Å²) in [7, 11) is 0. The number of aromatic nitrogens is 1. The summed E-state index contributed by atoms with van der Waals surface area (Å²) in [5, 5.41) is 6.84. The molecule has 0 spiro atoms. The van der Waals surface area contributed by atoms with Gasteiger partial charge in [-0.25, -0.2) is 9.37 Å². The Kier molecular flexibility index (Phi) is 6.14. The number of thiocarbonyl (C=S) groups is 1. The van der Waals surface area contributed by atoms with Crippen LogP contribution >= 0.6 is 12.2 Å². The fourth-order valence-electron chi connectivity index (χ4n) is 2.54. The number of ether oxygens (including phenoxy) is 2. The van der Waals surface area contributed by atoms with E-state index in [-0.39, 0.29) is 11.9 Å². The van der Waals surface area contributed by atoms with Gasteiger partial charge in [-0.3, -0.25) is 0 Å². The molecule has 1 fully saturated rings. The van der Waals surface area contributed by atoms with Crippen LogP contribution in [0.3, 0.4) is 0 Å². The van der Waals surface area contributed by atoms with E-state index in [1.165, 1.54) is 12.1 Å². The SMILES string of the molecule is Fc1cccc(Oc2ncccc2CNC(=S)NC[C@H]2CCCO2)c1. The minimum Gasteiger partial charge on any atom is -0.439 e. The van der Waals surface area contributed by atoms with Gasteiger partial charge in [-0.2, -0.15) is 0 Å². The normalized spacial score (nSPS) is 16.4. The average Bonchev–Trinajstić information content (AvgIpc) is 3.13. The van der Waals surface area contributed by atoms with E-state index in [4.69, 9.17) is 21.7 Å². The maximum absolute atomic E-state index is 13.3. The van der Waals surface area contributed by atoms with Crippen LogP contribution in [-0.2, 0) is 11.3 Å². The van der Waals surface area contributed by atoms with Crippen molar-refractivity contribution in [2.24, 2.45) is 0 Å². The molecule has 1 aromatic heterocycles. The van der Waals surface area contributed by atoms with Gasteiger partial charge in [0, 0.05) is 37.5 Å². The van der Waals surface area contributed by atoms with Gasteiger partial charge >= 0.3 is 0 Å². The molecule has 7 heteroatoms. The lowest BCUT2D eigenvalue weighted by Crippen LogP contribution is -2.39. The van der Waals surface area contributed by atoms with Gasteiger partial charge in [0.15, 0.2) is 5.11 Å². The van der Waals surface area contributed by atoms with Crippen molar-refractivity contribution < 1.29 is 13.9 Å². The number of nitrogens with one attached hydrogen (secondary N) is 2. The standard InChI is InChI=1S/C18H20FN3O2S/c19-14-5-1-6-15(10-14)24-17-13(4-2-8-20-17)11-21-18(25)22-12-16-7-3-9-23-16/h1-2,4-6,8,10,16H,3,7,9,11-12H2,(H2,21,22,25)/t16-/m1/s1. The molecule has 0 radical (unpaired) electrons. The number of hydrogen-bond donors (Lipinski definition) is 2. The summed E-state index contributed by atoms with van der Waals surface area (Å²) in [6.45, 7) is 1.98. The molecule has 1 atom stereocenters. The highest BCUT2D eigenvalue weighted by atomic mass is 32.1. The van der Waals surface area contributed by atoms with E-state index >= 15 is 0 Å². The van der Waals surface area contributed by atoms with Gasteiger partial charge in [0.05, 0.1) is 6.10 Å². The summed E-state index contributed by atoms with van der Waals surface area (Å²) in [5.41, 5.74) is 0.827. The molecule has 25 heavy (non-hydrogen) atoms. The van der Waals surface area contributed by atoms with Gasteiger partial charge in [0.1, 0.15) is 11.6 Å². The van der Waals surface area contributed by atoms with E-state index in [9.17, 15) is 4.39 Å². The Morgan fingerprint density at radius 3 is 3.04 bits per heavy atom. The second kappa shape index (κ2) is 8.73. The lowest BCUT2D eigenvalue weighted by Gasteiger charge is -2.15. The highest BCUT2D eigenvalue weighted by Crippen LogP contribution is 2.23. The van der Waals surface area contributed by atoms with Crippen molar-refractivity contribution in [1.82, 2.24) is 15.6 Å². The second-order valence-electron chi connectivity index (χ2n) is 5.73. The largest absolute Gasteiger partial charge is 0.439 e. The van der Waals surface area contributed by atoms with Crippen molar-refractivity contribution in [3.8, 4) is 11.6 Å². The van der Waals surface area contributed by atoms with Crippen molar-refractivity contribution in [2.45, 2.75) is 25.5 Å². The minimum atomic E-state index is -0.354. The van der Waals surface area contributed by atoms with E-state index in [0.717, 1.165) is 25.0 Å². The van der Waals surface area contributed by atoms with Gasteiger partial charge in [0.25, 0.3) is 0 Å². The van der Waals surface area contributed by atoms with Crippen molar-refractivity contribution in [3.05, 3.63) is 54.0 Å². The summed E-state index contributed by atoms with van der Waals surface area (Å²) >= 11 is 5.29. The quantitative estimate of drug-likeness (QED) is 0.771. The van der Waals surface area contributed by atoms with Crippen molar-refractivity contribution in [2.75, 3.05) is 13.2 Å². The van der Waals surface area contributed by atoms with Crippen LogP contribution in [0.5, 0.6) is 11.6 Å². The van der Waals surface area contributed by atoms with Crippen LogP contribution in [0.1, 0.15) is 18.4 Å². The van der Waals surface area contributed by atoms with E-state index in [0.29, 0.717) is 29.8 Å². The van der Waals surface area contributed by atoms with Crippen LogP contribution in [0.4, 0.5) is 4.39 Å². The number of halogens is 1. The number of hydrogen-bond acceptors (Lipinski definition) is 4. The third kappa shape index (κ3) is 5.37. The van der Waals surface area contributed by atoms with Crippen LogP contribution < -0.4 is 15.4 Å². The molecule has 1 aliphatic heterocycles. The molecular weight excluding hydrogens is 341 g/mol. The molecule has 132 valence electrons. The Hall–Kier alpha value is -2.25. The first-order chi connectivity index (χ1) is 12.2. The third-order valence-electron chi connectivity index (χ3n) is 3.81. The lowest BCUT2D eigenvalue weighted by atomic mass is 10.2. The molecule has 0 amide bonds. The second-order valence-corrected chi connectivity index (χ2v) is 6.13. The Morgan fingerprint density at radius 1 is 1.32 bits per heavy atom. The fourth-order valence-corrected chi connectivity index (χ4v) is 2.70. The molecular formula is C18H20FN3O2S. The maximum atomic E-state index is 13.3. The number of nitrogens with zero attached hydrogens (tertiary/aromatic N) is 1. The number of benzene rings is 1. The summed E-state index contributed by atoms with van der Waals surface area (Å²) in [6, 6.07) is 9.67. The van der Waals surface area contributed by atoms with Crippen LogP contribution in [0.25, 0.3) is 0 Å². The Labute approximate surface area is 151 Å². The monoisotopic (exact) mass is 361 g/mol. The molecule has 0 aliphatic carbocycles. The van der Waals surface area contributed by atoms with Crippen LogP contribution in [0.15, 0.2) is 42.6 Å². The highest BCUT2D eigenvalue weighted by molar-refractivity contribution is 7.80. The first-order valence-electron chi connectivity index (χ1n) is 8.21. The molecule has 1 aromatic carbocycles. The third-order valence-corrected chi connectivity index (χ3v) is 4.10. The summed E-state index contributed by atoms with van der Waals surface area (Å²) < 4.78 is 24.5. The van der Waals surface area contributed by atoms with Gasteiger partial charge in [-0.1, -0.05) is 12.1 Å². The molecule has 0 bridgehead atoms. The molecule has 0 unspecified atom stereocenters. The first-order valence-corrected chi connectivity index (χ1v) is 8.62. The number of pyridine rings is 1. The molecule has 2 aromatic rings. The Balaban J connectivity index is 1.54. The van der Waals surface area contributed by atoms with E-state index in [1.54, 1.807) is 18.3 Å². The lowest BCUT2D eigenvalue weighted by molar-refractivity contribution is 0.114. The van der Waals surface area contributed by atoms with Gasteiger partial charge < -0.3 is 20.1 Å². The van der Waals surface area contributed by atoms with Crippen LogP contribution in [-0.4, -0.2) is 29.4 Å². The van der Waals surface area contributed by atoms with Gasteiger partial charge in [-0.05, 0) is 43.3 Å². The average molecular weight is 361 g/mol. The molecule has 1 saturated heterocycles. The minimum absolute atomic E-state index is 0.227. The zero-order valence-corrected chi connectivity index (χ0v) is 14.5. The van der Waals surface area contributed by atoms with E-state index < -0.39 is 0 Å². The predicted molar refractivity (Wildman–Crippen MR) is 97.1 cm³/mol. The number of rotatable bonds is 6. The molecule has 1 aliphatic rings. The summed E-state index contributed by atoms with van der Waals surface area (Å²) in [4.78, 5) is 4.22. The van der Waals surface area contributed by atoms with E-state index in [2.05, 4.69) is 15.6 Å². The zero-order valence-electron chi connectivity index (χ0n) is 13.7. The van der Waals surface area contributed by atoms with Crippen molar-refractivity contribution in [3.63, 3.8) is 0 Å². The van der Waals surface area contributed by atoms with E-state index in [1.807, 2.05) is 12.1 Å². The molecule has 2 N–H and O–H groups in total. The maximum Gasteiger partial charge on any atom is 0.224 e. The summed E-state index contributed by atoms with van der Waals surface area (Å²) in [5.74, 6) is 0.467. The van der Waals surface area contributed by atoms with Crippen molar-refractivity contribution in [1.29, 1.82) is 0 Å². The van der Waals surface area contributed by atoms with Gasteiger partial charge in [0.2, 0.25) is 5.88 Å².